The highest BCUT2D eigenvalue weighted by Crippen LogP contribution is 2.24. The molecular weight excluding hydrogens is 270 g/mol. The number of hydrogen-bond donors (Lipinski definition) is 1. The fourth-order valence-electron chi connectivity index (χ4n) is 2.37. The van der Waals surface area contributed by atoms with E-state index in [1.165, 1.54) is 0 Å². The first-order valence-corrected chi connectivity index (χ1v) is 6.97. The van der Waals surface area contributed by atoms with E-state index in [0.29, 0.717) is 5.39 Å². The summed E-state index contributed by atoms with van der Waals surface area (Å²) in [6.45, 7) is 2.06. The summed E-state index contributed by atoms with van der Waals surface area (Å²) in [5.41, 5.74) is 3.76. The minimum atomic E-state index is 0.0300. The second-order valence-electron chi connectivity index (χ2n) is 4.75. The molecule has 0 bridgehead atoms. The molecule has 1 heterocycles. The monoisotopic (exact) mass is 283 g/mol. The van der Waals surface area contributed by atoms with Gasteiger partial charge >= 0.3 is 0 Å². The van der Waals surface area contributed by atoms with Gasteiger partial charge in [0.2, 0.25) is 0 Å². The van der Waals surface area contributed by atoms with E-state index in [0.717, 1.165) is 33.8 Å². The lowest BCUT2D eigenvalue weighted by molar-refractivity contribution is 1.14. The molecule has 0 atom stereocenters. The van der Waals surface area contributed by atoms with Crippen LogP contribution in [0.1, 0.15) is 12.5 Å². The Kier molecular flexibility index (Phi) is 3.33. The normalized spacial score (nSPS) is 10.9. The Labute approximate surface area is 122 Å². The van der Waals surface area contributed by atoms with Gasteiger partial charge in [-0.15, -0.1) is 0 Å². The summed E-state index contributed by atoms with van der Waals surface area (Å²) < 4.78 is 0. The van der Waals surface area contributed by atoms with Gasteiger partial charge in [0, 0.05) is 27.7 Å². The zero-order valence-corrected chi connectivity index (χ0v) is 11.9. The molecule has 1 aromatic heterocycles. The van der Waals surface area contributed by atoms with Crippen LogP contribution in [0.25, 0.3) is 22.2 Å². The average Bonchev–Trinajstić information content (AvgIpc) is 2.47. The molecule has 0 aliphatic carbocycles. The third-order valence-corrected chi connectivity index (χ3v) is 3.84. The number of fused-ring (bicyclic) bond motifs is 1. The number of rotatable bonds is 2. The number of halogens is 1. The highest BCUT2D eigenvalue weighted by molar-refractivity contribution is 6.31. The van der Waals surface area contributed by atoms with E-state index in [-0.39, 0.29) is 5.43 Å². The molecule has 0 unspecified atom stereocenters. The number of para-hydroxylation sites is 1. The van der Waals surface area contributed by atoms with Crippen LogP contribution in [0.4, 0.5) is 0 Å². The summed E-state index contributed by atoms with van der Waals surface area (Å²) >= 11 is 6.14. The van der Waals surface area contributed by atoms with E-state index >= 15 is 0 Å². The standard InChI is InChI=1S/C17H14ClNO/c1-2-11-9-12(7-8-14(11)18)16-10-17(20)13-5-3-4-6-15(13)19-16/h3-10H,2H2,1H3,(H,19,20). The highest BCUT2D eigenvalue weighted by Gasteiger charge is 2.06. The lowest BCUT2D eigenvalue weighted by Crippen LogP contribution is -2.02. The predicted octanol–water partition coefficient (Wildman–Crippen LogP) is 4.41. The van der Waals surface area contributed by atoms with Crippen molar-refractivity contribution in [1.29, 1.82) is 0 Å². The van der Waals surface area contributed by atoms with Gasteiger partial charge in [-0.2, -0.15) is 0 Å². The zero-order chi connectivity index (χ0) is 14.1. The van der Waals surface area contributed by atoms with Crippen LogP contribution in [0.15, 0.2) is 53.3 Å². The molecule has 1 N–H and O–H groups in total. The van der Waals surface area contributed by atoms with Gasteiger partial charge < -0.3 is 4.98 Å². The summed E-state index contributed by atoms with van der Waals surface area (Å²) in [4.78, 5) is 15.5. The first kappa shape index (κ1) is 12.9. The molecule has 0 radical (unpaired) electrons. The summed E-state index contributed by atoms with van der Waals surface area (Å²) in [5, 5.41) is 1.47. The topological polar surface area (TPSA) is 32.9 Å². The predicted molar refractivity (Wildman–Crippen MR) is 84.4 cm³/mol. The van der Waals surface area contributed by atoms with Crippen molar-refractivity contribution in [2.45, 2.75) is 13.3 Å². The van der Waals surface area contributed by atoms with Gasteiger partial charge in [0.05, 0.1) is 0 Å². The third kappa shape index (κ3) is 2.23. The van der Waals surface area contributed by atoms with Crippen molar-refractivity contribution in [1.82, 2.24) is 4.98 Å². The first-order valence-electron chi connectivity index (χ1n) is 6.60. The minimum Gasteiger partial charge on any atom is -0.354 e. The molecule has 3 aromatic rings. The first-order chi connectivity index (χ1) is 9.69. The number of aromatic nitrogens is 1. The fraction of sp³-hybridized carbons (Fsp3) is 0.118. The van der Waals surface area contributed by atoms with E-state index in [4.69, 9.17) is 11.6 Å². The highest BCUT2D eigenvalue weighted by atomic mass is 35.5. The summed E-state index contributed by atoms with van der Waals surface area (Å²) in [6.07, 6.45) is 0.866. The van der Waals surface area contributed by atoms with Gasteiger partial charge in [-0.05, 0) is 41.8 Å². The van der Waals surface area contributed by atoms with Gasteiger partial charge in [0.15, 0.2) is 5.43 Å². The van der Waals surface area contributed by atoms with Crippen molar-refractivity contribution in [3.05, 3.63) is 69.3 Å². The summed E-state index contributed by atoms with van der Waals surface area (Å²) in [7, 11) is 0. The van der Waals surface area contributed by atoms with Crippen molar-refractivity contribution < 1.29 is 0 Å². The second-order valence-corrected chi connectivity index (χ2v) is 5.16. The molecule has 3 rings (SSSR count). The molecule has 0 fully saturated rings. The van der Waals surface area contributed by atoms with Crippen LogP contribution in [0.3, 0.4) is 0 Å². The molecule has 0 amide bonds. The van der Waals surface area contributed by atoms with E-state index in [1.807, 2.05) is 42.5 Å². The van der Waals surface area contributed by atoms with Crippen LogP contribution in [0.5, 0.6) is 0 Å². The Hall–Kier alpha value is -2.06. The molecule has 0 saturated heterocycles. The molecule has 3 heteroatoms. The van der Waals surface area contributed by atoms with Crippen molar-refractivity contribution in [2.75, 3.05) is 0 Å². The van der Waals surface area contributed by atoms with Gasteiger partial charge in [-0.1, -0.05) is 36.7 Å². The minimum absolute atomic E-state index is 0.0300. The molecule has 0 saturated carbocycles. The van der Waals surface area contributed by atoms with E-state index in [1.54, 1.807) is 6.07 Å². The van der Waals surface area contributed by atoms with Crippen molar-refractivity contribution in [3.63, 3.8) is 0 Å². The summed E-state index contributed by atoms with van der Waals surface area (Å²) in [6, 6.07) is 15.0. The second kappa shape index (κ2) is 5.14. The number of aromatic amines is 1. The Morgan fingerprint density at radius 2 is 1.90 bits per heavy atom. The molecule has 0 aliphatic rings. The van der Waals surface area contributed by atoms with Crippen molar-refractivity contribution in [3.8, 4) is 11.3 Å². The SMILES string of the molecule is CCc1cc(-c2cc(=O)c3ccccc3[nH]2)ccc1Cl. The van der Waals surface area contributed by atoms with Gasteiger partial charge in [-0.3, -0.25) is 4.79 Å². The number of H-pyrrole nitrogens is 1. The molecular formula is C17H14ClNO. The van der Waals surface area contributed by atoms with E-state index in [9.17, 15) is 4.79 Å². The van der Waals surface area contributed by atoms with Crippen LogP contribution < -0.4 is 5.43 Å². The Bertz CT molecular complexity index is 836. The van der Waals surface area contributed by atoms with Crippen molar-refractivity contribution in [2.24, 2.45) is 0 Å². The number of aryl methyl sites for hydroxylation is 1. The number of benzene rings is 2. The molecule has 20 heavy (non-hydrogen) atoms. The Balaban J connectivity index is 2.22. The molecule has 0 aliphatic heterocycles. The maximum Gasteiger partial charge on any atom is 0.190 e. The van der Waals surface area contributed by atoms with Crippen LogP contribution in [0.2, 0.25) is 5.02 Å². The Morgan fingerprint density at radius 1 is 1.10 bits per heavy atom. The van der Waals surface area contributed by atoms with Crippen molar-refractivity contribution >= 4 is 22.5 Å². The molecule has 100 valence electrons. The molecule has 0 spiro atoms. The zero-order valence-electron chi connectivity index (χ0n) is 11.1. The smallest absolute Gasteiger partial charge is 0.190 e. The Morgan fingerprint density at radius 3 is 2.70 bits per heavy atom. The largest absolute Gasteiger partial charge is 0.354 e. The molecule has 2 nitrogen and oxygen atoms in total. The third-order valence-electron chi connectivity index (χ3n) is 3.47. The van der Waals surface area contributed by atoms with Crippen LogP contribution in [-0.4, -0.2) is 4.98 Å². The number of hydrogen-bond acceptors (Lipinski definition) is 1. The number of nitrogens with one attached hydrogen (secondary N) is 1. The van der Waals surface area contributed by atoms with E-state index in [2.05, 4.69) is 11.9 Å². The quantitative estimate of drug-likeness (QED) is 0.742. The summed E-state index contributed by atoms with van der Waals surface area (Å²) in [5.74, 6) is 0. The maximum absolute atomic E-state index is 12.1. The number of pyridine rings is 1. The lowest BCUT2D eigenvalue weighted by Gasteiger charge is -2.07. The van der Waals surface area contributed by atoms with Gasteiger partial charge in [-0.25, -0.2) is 0 Å². The fourth-order valence-corrected chi connectivity index (χ4v) is 2.62. The maximum atomic E-state index is 12.1. The van der Waals surface area contributed by atoms with Crippen LogP contribution in [0, 0.1) is 0 Å². The van der Waals surface area contributed by atoms with Crippen LogP contribution >= 0.6 is 11.6 Å². The van der Waals surface area contributed by atoms with E-state index < -0.39 is 0 Å². The molecule has 2 aromatic carbocycles. The lowest BCUT2D eigenvalue weighted by atomic mass is 10.0. The van der Waals surface area contributed by atoms with Gasteiger partial charge in [0.25, 0.3) is 0 Å². The van der Waals surface area contributed by atoms with Gasteiger partial charge in [0.1, 0.15) is 0 Å². The van der Waals surface area contributed by atoms with Crippen LogP contribution in [-0.2, 0) is 6.42 Å². The average molecular weight is 284 g/mol.